The summed E-state index contributed by atoms with van der Waals surface area (Å²) >= 11 is 0. The van der Waals surface area contributed by atoms with Gasteiger partial charge in [-0.1, -0.05) is 6.07 Å². The summed E-state index contributed by atoms with van der Waals surface area (Å²) in [6.07, 6.45) is 3.77. The lowest BCUT2D eigenvalue weighted by Crippen LogP contribution is -2.27. The van der Waals surface area contributed by atoms with E-state index in [0.717, 1.165) is 31.8 Å². The second kappa shape index (κ2) is 7.31. The molecule has 0 unspecified atom stereocenters. The monoisotopic (exact) mass is 370 g/mol. The molecule has 1 saturated heterocycles. The standard InChI is InChI=1S/C17H22N8O2/c1-23-16(20-15(22-23)12-5-8-18-9-6-12)19-14(26)7-11-25-17(27)24-10-3-2-4-13(24)21-25/h2-4,10,12,18H,5-9,11H2,1H3,(H,19,20,22,26). The molecular weight excluding hydrogens is 348 g/mol. The fourth-order valence-electron chi connectivity index (χ4n) is 3.27. The van der Waals surface area contributed by atoms with Gasteiger partial charge in [0.05, 0.1) is 6.54 Å². The van der Waals surface area contributed by atoms with Crippen molar-refractivity contribution in [1.29, 1.82) is 0 Å². The summed E-state index contributed by atoms with van der Waals surface area (Å²) in [6.45, 7) is 2.11. The fraction of sp³-hybridized carbons (Fsp3) is 0.471. The minimum absolute atomic E-state index is 0.124. The minimum Gasteiger partial charge on any atom is -0.317 e. The molecule has 142 valence electrons. The predicted octanol–water partition coefficient (Wildman–Crippen LogP) is 0.120. The van der Waals surface area contributed by atoms with E-state index in [1.807, 2.05) is 6.07 Å². The Morgan fingerprint density at radius 2 is 2.11 bits per heavy atom. The molecule has 0 aliphatic carbocycles. The lowest BCUT2D eigenvalue weighted by Gasteiger charge is -2.19. The Morgan fingerprint density at radius 3 is 2.89 bits per heavy atom. The summed E-state index contributed by atoms with van der Waals surface area (Å²) in [5, 5.41) is 14.8. The van der Waals surface area contributed by atoms with Gasteiger partial charge in [0.25, 0.3) is 0 Å². The van der Waals surface area contributed by atoms with Crippen LogP contribution in [0.3, 0.4) is 0 Å². The number of nitrogens with one attached hydrogen (secondary N) is 2. The molecule has 1 aliphatic rings. The van der Waals surface area contributed by atoms with Gasteiger partial charge in [-0.3, -0.25) is 14.5 Å². The Labute approximate surface area is 155 Å². The lowest BCUT2D eigenvalue weighted by molar-refractivity contribution is -0.116. The smallest absolute Gasteiger partial charge is 0.317 e. The zero-order valence-electron chi connectivity index (χ0n) is 15.1. The first-order chi connectivity index (χ1) is 13.1. The van der Waals surface area contributed by atoms with Crippen LogP contribution in [0.1, 0.15) is 31.0 Å². The molecule has 4 rings (SSSR count). The van der Waals surface area contributed by atoms with Crippen molar-refractivity contribution < 1.29 is 4.79 Å². The summed E-state index contributed by atoms with van der Waals surface area (Å²) in [7, 11) is 1.76. The zero-order valence-corrected chi connectivity index (χ0v) is 15.1. The van der Waals surface area contributed by atoms with E-state index in [-0.39, 0.29) is 24.6 Å². The SMILES string of the molecule is Cn1nc(C2CCNCC2)nc1NC(=O)CCn1nc2ccccn2c1=O. The van der Waals surface area contributed by atoms with Crippen LogP contribution in [-0.2, 0) is 18.4 Å². The molecule has 1 aliphatic heterocycles. The first-order valence-corrected chi connectivity index (χ1v) is 9.07. The Balaban J connectivity index is 1.40. The van der Waals surface area contributed by atoms with Gasteiger partial charge in [0, 0.05) is 25.6 Å². The molecule has 10 heteroatoms. The number of carbonyl (C=O) groups is 1. The first kappa shape index (κ1) is 17.4. The van der Waals surface area contributed by atoms with Crippen LogP contribution in [0.5, 0.6) is 0 Å². The molecular formula is C17H22N8O2. The van der Waals surface area contributed by atoms with Crippen LogP contribution in [0.25, 0.3) is 5.65 Å². The summed E-state index contributed by atoms with van der Waals surface area (Å²) in [4.78, 5) is 29.0. The van der Waals surface area contributed by atoms with Crippen molar-refractivity contribution in [2.75, 3.05) is 18.4 Å². The number of hydrogen-bond acceptors (Lipinski definition) is 6. The van der Waals surface area contributed by atoms with Gasteiger partial charge in [-0.05, 0) is 38.1 Å². The third kappa shape index (κ3) is 3.61. The van der Waals surface area contributed by atoms with Crippen molar-refractivity contribution in [3.8, 4) is 0 Å². The van der Waals surface area contributed by atoms with Crippen LogP contribution in [0.2, 0.25) is 0 Å². The highest BCUT2D eigenvalue weighted by atomic mass is 16.2. The largest absolute Gasteiger partial charge is 0.350 e. The molecule has 3 aromatic heterocycles. The number of piperidine rings is 1. The molecule has 4 heterocycles. The number of anilines is 1. The predicted molar refractivity (Wildman–Crippen MR) is 98.5 cm³/mol. The van der Waals surface area contributed by atoms with Gasteiger partial charge in [0.15, 0.2) is 11.5 Å². The highest BCUT2D eigenvalue weighted by Crippen LogP contribution is 2.23. The highest BCUT2D eigenvalue weighted by Gasteiger charge is 2.21. The average molecular weight is 370 g/mol. The second-order valence-electron chi connectivity index (χ2n) is 6.67. The van der Waals surface area contributed by atoms with Gasteiger partial charge in [-0.15, -0.1) is 5.10 Å². The second-order valence-corrected chi connectivity index (χ2v) is 6.67. The number of aryl methyl sites for hydroxylation is 2. The summed E-state index contributed by atoms with van der Waals surface area (Å²) in [6, 6.07) is 5.33. The van der Waals surface area contributed by atoms with Gasteiger partial charge < -0.3 is 5.32 Å². The normalized spacial score (nSPS) is 15.3. The van der Waals surface area contributed by atoms with E-state index in [2.05, 4.69) is 25.8 Å². The van der Waals surface area contributed by atoms with E-state index >= 15 is 0 Å². The number of amides is 1. The number of fused-ring (bicyclic) bond motifs is 1. The van der Waals surface area contributed by atoms with Crippen molar-refractivity contribution >= 4 is 17.5 Å². The number of rotatable bonds is 5. The molecule has 0 atom stereocenters. The van der Waals surface area contributed by atoms with Crippen LogP contribution >= 0.6 is 0 Å². The van der Waals surface area contributed by atoms with E-state index in [0.29, 0.717) is 17.5 Å². The molecule has 3 aromatic rings. The van der Waals surface area contributed by atoms with E-state index < -0.39 is 0 Å². The maximum absolute atomic E-state index is 12.3. The van der Waals surface area contributed by atoms with Crippen molar-refractivity contribution in [3.05, 3.63) is 40.7 Å². The maximum atomic E-state index is 12.3. The van der Waals surface area contributed by atoms with Crippen molar-refractivity contribution in [2.45, 2.75) is 31.7 Å². The van der Waals surface area contributed by atoms with Crippen LogP contribution in [0.4, 0.5) is 5.95 Å². The van der Waals surface area contributed by atoms with E-state index in [1.54, 1.807) is 30.1 Å². The van der Waals surface area contributed by atoms with Crippen molar-refractivity contribution in [2.24, 2.45) is 7.05 Å². The summed E-state index contributed by atoms with van der Waals surface area (Å²) in [5.74, 6) is 1.28. The highest BCUT2D eigenvalue weighted by molar-refractivity contribution is 5.88. The summed E-state index contributed by atoms with van der Waals surface area (Å²) in [5.41, 5.74) is 0.299. The molecule has 1 fully saturated rings. The number of aromatic nitrogens is 6. The quantitative estimate of drug-likeness (QED) is 0.660. The Hall–Kier alpha value is -3.01. The third-order valence-electron chi connectivity index (χ3n) is 4.77. The van der Waals surface area contributed by atoms with Gasteiger partial charge in [-0.2, -0.15) is 10.1 Å². The third-order valence-corrected chi connectivity index (χ3v) is 4.77. The van der Waals surface area contributed by atoms with Crippen LogP contribution < -0.4 is 16.3 Å². The van der Waals surface area contributed by atoms with Crippen LogP contribution in [-0.4, -0.2) is 47.9 Å². The van der Waals surface area contributed by atoms with Gasteiger partial charge in [0.2, 0.25) is 11.9 Å². The van der Waals surface area contributed by atoms with E-state index in [4.69, 9.17) is 0 Å². The molecule has 0 radical (unpaired) electrons. The van der Waals surface area contributed by atoms with Crippen molar-refractivity contribution in [3.63, 3.8) is 0 Å². The Bertz CT molecular complexity index is 1010. The topological polar surface area (TPSA) is 111 Å². The lowest BCUT2D eigenvalue weighted by atomic mass is 9.98. The molecule has 1 amide bonds. The molecule has 0 aromatic carbocycles. The maximum Gasteiger partial charge on any atom is 0.350 e. The molecule has 0 spiro atoms. The summed E-state index contributed by atoms with van der Waals surface area (Å²) < 4.78 is 4.34. The van der Waals surface area contributed by atoms with E-state index in [1.165, 1.54) is 9.08 Å². The Morgan fingerprint density at radius 1 is 1.30 bits per heavy atom. The molecule has 2 N–H and O–H groups in total. The number of carbonyl (C=O) groups excluding carboxylic acids is 1. The van der Waals surface area contributed by atoms with Crippen LogP contribution in [0, 0.1) is 0 Å². The first-order valence-electron chi connectivity index (χ1n) is 9.07. The zero-order chi connectivity index (χ0) is 18.8. The van der Waals surface area contributed by atoms with Gasteiger partial charge in [0.1, 0.15) is 0 Å². The molecule has 0 saturated carbocycles. The number of nitrogens with zero attached hydrogens (tertiary/aromatic N) is 6. The average Bonchev–Trinajstić information content (AvgIpc) is 3.21. The van der Waals surface area contributed by atoms with Gasteiger partial charge in [-0.25, -0.2) is 14.2 Å². The van der Waals surface area contributed by atoms with Crippen molar-refractivity contribution in [1.82, 2.24) is 34.3 Å². The molecule has 10 nitrogen and oxygen atoms in total. The fourth-order valence-corrected chi connectivity index (χ4v) is 3.27. The number of hydrogen-bond donors (Lipinski definition) is 2. The molecule has 0 bridgehead atoms. The van der Waals surface area contributed by atoms with Gasteiger partial charge >= 0.3 is 5.69 Å². The minimum atomic E-state index is -0.259. The Kier molecular flexibility index (Phi) is 4.71. The number of pyridine rings is 1. The molecule has 27 heavy (non-hydrogen) atoms. The van der Waals surface area contributed by atoms with Crippen LogP contribution in [0.15, 0.2) is 29.2 Å². The van der Waals surface area contributed by atoms with E-state index in [9.17, 15) is 9.59 Å².